The molecule has 0 nitrogen and oxygen atoms in total. The van der Waals surface area contributed by atoms with Crippen LogP contribution in [0.4, 0.5) is 4.39 Å². The standard InChI is InChI=1S/C28H29F/c1-3-4-22-10-18-27-26(19-22)17-16-25(28(27)29)15-9-21-7-13-24(14-8-21)23-11-5-20(2)6-12-23/h7-8,10,13-14,16-20,23H,3-6,11-12H2,1-2H3. The molecule has 1 aliphatic carbocycles. The molecule has 0 aromatic heterocycles. The molecule has 0 amide bonds. The Labute approximate surface area is 174 Å². The van der Waals surface area contributed by atoms with Crippen LogP contribution >= 0.6 is 0 Å². The summed E-state index contributed by atoms with van der Waals surface area (Å²) >= 11 is 0. The Kier molecular flexibility index (Phi) is 6.00. The van der Waals surface area contributed by atoms with Crippen LogP contribution in [0.2, 0.25) is 0 Å². The maximum atomic E-state index is 14.9. The highest BCUT2D eigenvalue weighted by Crippen LogP contribution is 2.35. The molecule has 0 spiro atoms. The fourth-order valence-corrected chi connectivity index (χ4v) is 4.45. The van der Waals surface area contributed by atoms with E-state index < -0.39 is 0 Å². The molecule has 0 bridgehead atoms. The van der Waals surface area contributed by atoms with E-state index in [0.29, 0.717) is 16.9 Å². The predicted octanol–water partition coefficient (Wildman–Crippen LogP) is 7.62. The van der Waals surface area contributed by atoms with Gasteiger partial charge < -0.3 is 0 Å². The second-order valence-electron chi connectivity index (χ2n) is 8.56. The van der Waals surface area contributed by atoms with Crippen LogP contribution in [-0.4, -0.2) is 0 Å². The Bertz CT molecular complexity index is 1040. The summed E-state index contributed by atoms with van der Waals surface area (Å²) in [6, 6.07) is 18.4. The van der Waals surface area contributed by atoms with Crippen molar-refractivity contribution in [2.24, 2.45) is 5.92 Å². The third-order valence-corrected chi connectivity index (χ3v) is 6.30. The largest absolute Gasteiger partial charge is 0.205 e. The van der Waals surface area contributed by atoms with Crippen LogP contribution in [0.25, 0.3) is 10.8 Å². The molecule has 1 heteroatoms. The predicted molar refractivity (Wildman–Crippen MR) is 121 cm³/mol. The minimum Gasteiger partial charge on any atom is -0.205 e. The molecule has 0 atom stereocenters. The third-order valence-electron chi connectivity index (χ3n) is 6.30. The van der Waals surface area contributed by atoms with Gasteiger partial charge in [0.25, 0.3) is 0 Å². The zero-order chi connectivity index (χ0) is 20.2. The Morgan fingerprint density at radius 3 is 2.38 bits per heavy atom. The zero-order valence-corrected chi connectivity index (χ0v) is 17.5. The van der Waals surface area contributed by atoms with Gasteiger partial charge in [-0.2, -0.15) is 0 Å². The molecule has 0 N–H and O–H groups in total. The molecule has 0 saturated heterocycles. The van der Waals surface area contributed by atoms with E-state index in [1.807, 2.05) is 18.2 Å². The average Bonchev–Trinajstić information content (AvgIpc) is 2.75. The number of hydrogen-bond donors (Lipinski definition) is 0. The highest BCUT2D eigenvalue weighted by molar-refractivity contribution is 5.85. The van der Waals surface area contributed by atoms with Crippen LogP contribution in [0.5, 0.6) is 0 Å². The quantitative estimate of drug-likeness (QED) is 0.407. The highest BCUT2D eigenvalue weighted by atomic mass is 19.1. The zero-order valence-electron chi connectivity index (χ0n) is 17.5. The van der Waals surface area contributed by atoms with Crippen molar-refractivity contribution in [2.75, 3.05) is 0 Å². The van der Waals surface area contributed by atoms with E-state index in [1.54, 1.807) is 6.07 Å². The fraction of sp³-hybridized carbons (Fsp3) is 0.357. The van der Waals surface area contributed by atoms with E-state index in [2.05, 4.69) is 56.0 Å². The Morgan fingerprint density at radius 2 is 1.66 bits per heavy atom. The number of hydrogen-bond acceptors (Lipinski definition) is 0. The fourth-order valence-electron chi connectivity index (χ4n) is 4.45. The number of aryl methyl sites for hydroxylation is 1. The van der Waals surface area contributed by atoms with E-state index in [1.165, 1.54) is 36.8 Å². The van der Waals surface area contributed by atoms with Crippen LogP contribution in [0, 0.1) is 23.6 Å². The van der Waals surface area contributed by atoms with Crippen LogP contribution in [0.15, 0.2) is 54.6 Å². The summed E-state index contributed by atoms with van der Waals surface area (Å²) < 4.78 is 14.9. The van der Waals surface area contributed by atoms with Crippen molar-refractivity contribution < 1.29 is 4.39 Å². The second-order valence-corrected chi connectivity index (χ2v) is 8.56. The molecule has 3 aromatic carbocycles. The van der Waals surface area contributed by atoms with Gasteiger partial charge in [-0.3, -0.25) is 0 Å². The molecule has 29 heavy (non-hydrogen) atoms. The molecule has 0 heterocycles. The van der Waals surface area contributed by atoms with Crippen molar-refractivity contribution in [3.05, 3.63) is 82.7 Å². The van der Waals surface area contributed by atoms with Gasteiger partial charge in [0.1, 0.15) is 5.82 Å². The number of fused-ring (bicyclic) bond motifs is 1. The van der Waals surface area contributed by atoms with E-state index >= 15 is 0 Å². The van der Waals surface area contributed by atoms with Gasteiger partial charge in [-0.25, -0.2) is 4.39 Å². The monoisotopic (exact) mass is 384 g/mol. The maximum Gasteiger partial charge on any atom is 0.146 e. The average molecular weight is 385 g/mol. The van der Waals surface area contributed by atoms with Crippen molar-refractivity contribution >= 4 is 10.8 Å². The van der Waals surface area contributed by atoms with Crippen molar-refractivity contribution in [3.8, 4) is 11.8 Å². The molecule has 0 unspecified atom stereocenters. The SMILES string of the molecule is CCCc1ccc2c(F)c(C#Cc3ccc(C4CCC(C)CC4)cc3)ccc2c1. The number of rotatable bonds is 3. The van der Waals surface area contributed by atoms with Crippen LogP contribution in [0.3, 0.4) is 0 Å². The molecule has 1 aliphatic rings. The topological polar surface area (TPSA) is 0 Å². The smallest absolute Gasteiger partial charge is 0.146 e. The lowest BCUT2D eigenvalue weighted by atomic mass is 9.79. The van der Waals surface area contributed by atoms with E-state index in [4.69, 9.17) is 0 Å². The van der Waals surface area contributed by atoms with E-state index in [-0.39, 0.29) is 5.82 Å². The molecule has 3 aromatic rings. The van der Waals surface area contributed by atoms with Gasteiger partial charge in [0.05, 0.1) is 5.56 Å². The van der Waals surface area contributed by atoms with Gasteiger partial charge >= 0.3 is 0 Å². The first-order chi connectivity index (χ1) is 14.1. The molecule has 148 valence electrons. The molecular formula is C28H29F. The molecule has 0 radical (unpaired) electrons. The lowest BCUT2D eigenvalue weighted by Crippen LogP contribution is -2.10. The van der Waals surface area contributed by atoms with Crippen LogP contribution < -0.4 is 0 Å². The normalized spacial score (nSPS) is 19.0. The van der Waals surface area contributed by atoms with Crippen molar-refractivity contribution in [3.63, 3.8) is 0 Å². The van der Waals surface area contributed by atoms with Crippen LogP contribution in [-0.2, 0) is 6.42 Å². The van der Waals surface area contributed by atoms with Gasteiger partial charge in [0.15, 0.2) is 0 Å². The summed E-state index contributed by atoms with van der Waals surface area (Å²) in [5.74, 6) is 7.52. The first-order valence-electron chi connectivity index (χ1n) is 11.0. The summed E-state index contributed by atoms with van der Waals surface area (Å²) in [6.07, 6.45) is 7.34. The second kappa shape index (κ2) is 8.83. The van der Waals surface area contributed by atoms with Crippen LogP contribution in [0.1, 0.15) is 74.1 Å². The van der Waals surface area contributed by atoms with Gasteiger partial charge in [-0.15, -0.1) is 0 Å². The summed E-state index contributed by atoms with van der Waals surface area (Å²) in [4.78, 5) is 0. The Balaban J connectivity index is 1.53. The first kappa shape index (κ1) is 19.7. The minimum absolute atomic E-state index is 0.217. The van der Waals surface area contributed by atoms with Gasteiger partial charge in [-0.1, -0.05) is 81.3 Å². The molecule has 1 saturated carbocycles. The summed E-state index contributed by atoms with van der Waals surface area (Å²) in [5, 5.41) is 1.60. The molecule has 4 rings (SSSR count). The van der Waals surface area contributed by atoms with E-state index in [0.717, 1.165) is 29.7 Å². The maximum absolute atomic E-state index is 14.9. The third kappa shape index (κ3) is 4.54. The summed E-state index contributed by atoms with van der Waals surface area (Å²) in [6.45, 7) is 4.51. The molecular weight excluding hydrogens is 355 g/mol. The lowest BCUT2D eigenvalue weighted by Gasteiger charge is -2.26. The number of benzene rings is 3. The summed E-state index contributed by atoms with van der Waals surface area (Å²) in [5.41, 5.74) is 4.08. The minimum atomic E-state index is -0.217. The summed E-state index contributed by atoms with van der Waals surface area (Å²) in [7, 11) is 0. The van der Waals surface area contributed by atoms with Gasteiger partial charge in [-0.05, 0) is 65.8 Å². The Hall–Kier alpha value is -2.59. The lowest BCUT2D eigenvalue weighted by molar-refractivity contribution is 0.348. The van der Waals surface area contributed by atoms with E-state index in [9.17, 15) is 4.39 Å². The Morgan fingerprint density at radius 1 is 0.897 bits per heavy atom. The first-order valence-corrected chi connectivity index (χ1v) is 11.0. The van der Waals surface area contributed by atoms with Crippen molar-refractivity contribution in [1.82, 2.24) is 0 Å². The highest BCUT2D eigenvalue weighted by Gasteiger charge is 2.19. The van der Waals surface area contributed by atoms with Crippen molar-refractivity contribution in [1.29, 1.82) is 0 Å². The molecule has 1 fully saturated rings. The van der Waals surface area contributed by atoms with Gasteiger partial charge in [0, 0.05) is 10.9 Å². The molecule has 0 aliphatic heterocycles. The van der Waals surface area contributed by atoms with Crippen molar-refractivity contribution in [2.45, 2.75) is 58.3 Å². The van der Waals surface area contributed by atoms with Gasteiger partial charge in [0.2, 0.25) is 0 Å². The number of halogens is 1.